The van der Waals surface area contributed by atoms with Crippen molar-refractivity contribution >= 4 is 38.5 Å². The minimum Gasteiger partial charge on any atom is -0.465 e. The number of methoxy groups -OCH3 is 1. The first-order valence-corrected chi connectivity index (χ1v) is 5.91. The molecule has 0 aliphatic rings. The van der Waals surface area contributed by atoms with Crippen LogP contribution < -0.4 is 5.32 Å². The highest BCUT2D eigenvalue weighted by molar-refractivity contribution is 9.10. The molecule has 4 nitrogen and oxygen atoms in total. The molecule has 0 bridgehead atoms. The van der Waals surface area contributed by atoms with Crippen LogP contribution in [0, 0.1) is 5.82 Å². The molecule has 0 saturated heterocycles. The molecule has 0 fully saturated rings. The largest absolute Gasteiger partial charge is 0.465 e. The van der Waals surface area contributed by atoms with Gasteiger partial charge in [-0.1, -0.05) is 15.9 Å². The third-order valence-electron chi connectivity index (χ3n) is 2.54. The Morgan fingerprint density at radius 3 is 2.83 bits per heavy atom. The molecule has 1 aromatic carbocycles. The van der Waals surface area contributed by atoms with Gasteiger partial charge in [0.15, 0.2) is 5.82 Å². The minimum absolute atomic E-state index is 0.204. The van der Waals surface area contributed by atoms with Crippen molar-refractivity contribution in [2.45, 2.75) is 0 Å². The van der Waals surface area contributed by atoms with E-state index in [0.29, 0.717) is 15.5 Å². The number of hydrogen-bond donors (Lipinski definition) is 1. The standard InChI is InChI=1S/C12H10BrFN2O2/c1-15-10-7-3-6(13)4-9(14)11(7)16-5-8(10)12(17)18-2/h3-5H,1-2H3,(H,15,16). The van der Waals surface area contributed by atoms with E-state index < -0.39 is 11.8 Å². The Kier molecular flexibility index (Phi) is 3.47. The maximum atomic E-state index is 13.7. The molecule has 1 aromatic heterocycles. The van der Waals surface area contributed by atoms with Crippen LogP contribution in [0.1, 0.15) is 10.4 Å². The monoisotopic (exact) mass is 312 g/mol. The summed E-state index contributed by atoms with van der Waals surface area (Å²) in [4.78, 5) is 15.6. The second kappa shape index (κ2) is 4.89. The average molecular weight is 313 g/mol. The lowest BCUT2D eigenvalue weighted by Crippen LogP contribution is -2.07. The van der Waals surface area contributed by atoms with Gasteiger partial charge in [0, 0.05) is 23.1 Å². The number of carbonyl (C=O) groups excluding carboxylic acids is 1. The summed E-state index contributed by atoms with van der Waals surface area (Å²) in [5.41, 5.74) is 0.965. The number of pyridine rings is 1. The van der Waals surface area contributed by atoms with Crippen LogP contribution in [0.25, 0.3) is 10.9 Å². The van der Waals surface area contributed by atoms with E-state index in [1.165, 1.54) is 19.4 Å². The number of fused-ring (bicyclic) bond motifs is 1. The predicted octanol–water partition coefficient (Wildman–Crippen LogP) is 2.96. The van der Waals surface area contributed by atoms with E-state index in [1.54, 1.807) is 13.1 Å². The predicted molar refractivity (Wildman–Crippen MR) is 70.3 cm³/mol. The van der Waals surface area contributed by atoms with Gasteiger partial charge in [-0.05, 0) is 12.1 Å². The number of halogens is 2. The topological polar surface area (TPSA) is 51.2 Å². The second-order valence-electron chi connectivity index (χ2n) is 3.57. The number of benzene rings is 1. The van der Waals surface area contributed by atoms with Crippen molar-refractivity contribution in [2.75, 3.05) is 19.5 Å². The average Bonchev–Trinajstić information content (AvgIpc) is 2.36. The van der Waals surface area contributed by atoms with Gasteiger partial charge in [-0.2, -0.15) is 0 Å². The molecule has 0 atom stereocenters. The summed E-state index contributed by atoms with van der Waals surface area (Å²) in [7, 11) is 2.94. The summed E-state index contributed by atoms with van der Waals surface area (Å²) in [6.45, 7) is 0. The van der Waals surface area contributed by atoms with E-state index in [2.05, 4.69) is 31.0 Å². The second-order valence-corrected chi connectivity index (χ2v) is 4.49. The molecule has 0 aliphatic carbocycles. The van der Waals surface area contributed by atoms with Crippen molar-refractivity contribution in [3.8, 4) is 0 Å². The summed E-state index contributed by atoms with van der Waals surface area (Å²) in [5.74, 6) is -0.971. The van der Waals surface area contributed by atoms with Gasteiger partial charge in [0.1, 0.15) is 11.1 Å². The number of ether oxygens (including phenoxy) is 1. The first-order chi connectivity index (χ1) is 8.58. The van der Waals surface area contributed by atoms with E-state index in [-0.39, 0.29) is 11.1 Å². The number of anilines is 1. The van der Waals surface area contributed by atoms with Crippen molar-refractivity contribution in [2.24, 2.45) is 0 Å². The summed E-state index contributed by atoms with van der Waals surface area (Å²) >= 11 is 3.21. The Morgan fingerprint density at radius 1 is 1.50 bits per heavy atom. The van der Waals surface area contributed by atoms with Crippen LogP contribution in [-0.4, -0.2) is 25.1 Å². The lowest BCUT2D eigenvalue weighted by molar-refractivity contribution is 0.0601. The quantitative estimate of drug-likeness (QED) is 0.866. The molecular formula is C12H10BrFN2O2. The zero-order valence-electron chi connectivity index (χ0n) is 9.75. The number of nitrogens with one attached hydrogen (secondary N) is 1. The molecule has 0 amide bonds. The van der Waals surface area contributed by atoms with Gasteiger partial charge in [0.25, 0.3) is 0 Å². The fraction of sp³-hybridized carbons (Fsp3) is 0.167. The van der Waals surface area contributed by atoms with E-state index in [1.807, 2.05) is 0 Å². The minimum atomic E-state index is -0.519. The molecule has 0 spiro atoms. The van der Waals surface area contributed by atoms with Gasteiger partial charge in [0.2, 0.25) is 0 Å². The van der Waals surface area contributed by atoms with Crippen LogP contribution in [-0.2, 0) is 4.74 Å². The number of rotatable bonds is 2. The maximum absolute atomic E-state index is 13.7. The van der Waals surface area contributed by atoms with Crippen molar-refractivity contribution in [3.05, 3.63) is 34.2 Å². The molecule has 0 unspecified atom stereocenters. The molecule has 2 rings (SSSR count). The molecule has 0 saturated carbocycles. The highest BCUT2D eigenvalue weighted by atomic mass is 79.9. The van der Waals surface area contributed by atoms with Gasteiger partial charge in [0.05, 0.1) is 12.8 Å². The number of aromatic nitrogens is 1. The maximum Gasteiger partial charge on any atom is 0.341 e. The molecule has 94 valence electrons. The van der Waals surface area contributed by atoms with Crippen molar-refractivity contribution < 1.29 is 13.9 Å². The number of esters is 1. The number of carbonyl (C=O) groups is 1. The summed E-state index contributed by atoms with van der Waals surface area (Å²) in [5, 5.41) is 3.40. The van der Waals surface area contributed by atoms with Crippen molar-refractivity contribution in [1.82, 2.24) is 4.98 Å². The Balaban J connectivity index is 2.82. The van der Waals surface area contributed by atoms with Gasteiger partial charge < -0.3 is 10.1 Å². The molecule has 0 aliphatic heterocycles. The fourth-order valence-corrected chi connectivity index (χ4v) is 2.19. The first-order valence-electron chi connectivity index (χ1n) is 5.12. The number of nitrogens with zero attached hydrogens (tertiary/aromatic N) is 1. The first kappa shape index (κ1) is 12.8. The molecule has 1 N–H and O–H groups in total. The Bertz CT molecular complexity index is 631. The summed E-state index contributed by atoms with van der Waals surface area (Å²) in [6.07, 6.45) is 1.30. The highest BCUT2D eigenvalue weighted by Crippen LogP contribution is 2.30. The Morgan fingerprint density at radius 2 is 2.22 bits per heavy atom. The van der Waals surface area contributed by atoms with Crippen LogP contribution in [0.15, 0.2) is 22.8 Å². The van der Waals surface area contributed by atoms with Crippen LogP contribution in [0.4, 0.5) is 10.1 Å². The zero-order valence-corrected chi connectivity index (χ0v) is 11.3. The molecule has 6 heteroatoms. The number of hydrogen-bond acceptors (Lipinski definition) is 4. The summed E-state index contributed by atoms with van der Waals surface area (Å²) in [6, 6.07) is 3.02. The SMILES string of the molecule is CNc1c(C(=O)OC)cnc2c(F)cc(Br)cc12. The normalized spacial score (nSPS) is 10.4. The Labute approximate surface area is 111 Å². The van der Waals surface area contributed by atoms with E-state index in [9.17, 15) is 9.18 Å². The van der Waals surface area contributed by atoms with Crippen LogP contribution in [0.2, 0.25) is 0 Å². The molecule has 18 heavy (non-hydrogen) atoms. The molecule has 1 heterocycles. The van der Waals surface area contributed by atoms with E-state index >= 15 is 0 Å². The molecule has 2 aromatic rings. The smallest absolute Gasteiger partial charge is 0.341 e. The molecule has 0 radical (unpaired) electrons. The lowest BCUT2D eigenvalue weighted by atomic mass is 10.1. The molecular weight excluding hydrogens is 303 g/mol. The van der Waals surface area contributed by atoms with Gasteiger partial charge in [-0.15, -0.1) is 0 Å². The van der Waals surface area contributed by atoms with E-state index in [4.69, 9.17) is 0 Å². The van der Waals surface area contributed by atoms with Crippen LogP contribution >= 0.6 is 15.9 Å². The third kappa shape index (κ3) is 2.03. The van der Waals surface area contributed by atoms with Crippen molar-refractivity contribution in [1.29, 1.82) is 0 Å². The summed E-state index contributed by atoms with van der Waals surface area (Å²) < 4.78 is 19.0. The highest BCUT2D eigenvalue weighted by Gasteiger charge is 2.17. The van der Waals surface area contributed by atoms with Crippen LogP contribution in [0.5, 0.6) is 0 Å². The zero-order chi connectivity index (χ0) is 13.3. The third-order valence-corrected chi connectivity index (χ3v) is 3.00. The van der Waals surface area contributed by atoms with Gasteiger partial charge >= 0.3 is 5.97 Å². The van der Waals surface area contributed by atoms with Crippen molar-refractivity contribution in [3.63, 3.8) is 0 Å². The lowest BCUT2D eigenvalue weighted by Gasteiger charge is -2.11. The Hall–Kier alpha value is -1.69. The van der Waals surface area contributed by atoms with Crippen LogP contribution in [0.3, 0.4) is 0 Å². The van der Waals surface area contributed by atoms with Gasteiger partial charge in [-0.25, -0.2) is 9.18 Å². The fourth-order valence-electron chi connectivity index (χ4n) is 1.76. The van der Waals surface area contributed by atoms with E-state index in [0.717, 1.165) is 0 Å². The van der Waals surface area contributed by atoms with Gasteiger partial charge in [-0.3, -0.25) is 4.98 Å².